The average molecular weight is 484 g/mol. The van der Waals surface area contributed by atoms with Crippen LogP contribution in [0.4, 0.5) is 0 Å². The molecule has 1 atom stereocenters. The SMILES string of the molecule is C[C@@](I)(c1ccc2ncccc2c1)c1noc2ncc(-c3cscn3)cc12. The van der Waals surface area contributed by atoms with Crippen LogP contribution in [0.15, 0.2) is 64.2 Å². The van der Waals surface area contributed by atoms with E-state index in [0.717, 1.165) is 38.8 Å². The number of hydrogen-bond acceptors (Lipinski definition) is 6. The third-order valence-electron chi connectivity index (χ3n) is 4.65. The van der Waals surface area contributed by atoms with Crippen molar-refractivity contribution in [3.8, 4) is 11.3 Å². The van der Waals surface area contributed by atoms with Crippen LogP contribution in [0, 0.1) is 0 Å². The number of aromatic nitrogens is 4. The van der Waals surface area contributed by atoms with Crippen molar-refractivity contribution in [1.82, 2.24) is 20.1 Å². The number of nitrogens with zero attached hydrogens (tertiary/aromatic N) is 4. The van der Waals surface area contributed by atoms with E-state index in [1.165, 1.54) is 0 Å². The second-order valence-corrected chi connectivity index (χ2v) is 9.27. The minimum atomic E-state index is -0.380. The topological polar surface area (TPSA) is 64.7 Å². The minimum Gasteiger partial charge on any atom is -0.335 e. The fourth-order valence-corrected chi connectivity index (χ4v) is 4.46. The molecule has 0 aliphatic carbocycles. The van der Waals surface area contributed by atoms with Crippen LogP contribution in [0.2, 0.25) is 0 Å². The summed E-state index contributed by atoms with van der Waals surface area (Å²) in [5.74, 6) is 0. The predicted octanol–water partition coefficient (Wildman–Crippen LogP) is 5.59. The normalized spacial score (nSPS) is 13.9. The summed E-state index contributed by atoms with van der Waals surface area (Å²) < 4.78 is 5.14. The van der Waals surface area contributed by atoms with Crippen LogP contribution >= 0.6 is 33.9 Å². The Hall–Kier alpha value is -2.39. The molecule has 0 fully saturated rings. The van der Waals surface area contributed by atoms with Gasteiger partial charge < -0.3 is 4.52 Å². The number of pyridine rings is 2. The molecule has 132 valence electrons. The number of thiazole rings is 1. The molecule has 0 saturated carbocycles. The van der Waals surface area contributed by atoms with Crippen molar-refractivity contribution in [2.45, 2.75) is 10.3 Å². The number of benzene rings is 1. The number of fused-ring (bicyclic) bond motifs is 2. The van der Waals surface area contributed by atoms with Crippen molar-refractivity contribution < 1.29 is 4.52 Å². The predicted molar refractivity (Wildman–Crippen MR) is 115 cm³/mol. The van der Waals surface area contributed by atoms with Crippen LogP contribution in [0.1, 0.15) is 18.2 Å². The van der Waals surface area contributed by atoms with E-state index in [4.69, 9.17) is 4.52 Å². The number of rotatable bonds is 3. The first kappa shape index (κ1) is 16.8. The molecule has 27 heavy (non-hydrogen) atoms. The highest BCUT2D eigenvalue weighted by Crippen LogP contribution is 2.42. The lowest BCUT2D eigenvalue weighted by Crippen LogP contribution is -2.15. The summed E-state index contributed by atoms with van der Waals surface area (Å²) >= 11 is 3.99. The van der Waals surface area contributed by atoms with Gasteiger partial charge >= 0.3 is 0 Å². The van der Waals surface area contributed by atoms with Crippen molar-refractivity contribution in [3.05, 3.63) is 70.9 Å². The van der Waals surface area contributed by atoms with Gasteiger partial charge in [-0.05, 0) is 36.8 Å². The van der Waals surface area contributed by atoms with Gasteiger partial charge in [0.1, 0.15) is 5.69 Å². The van der Waals surface area contributed by atoms with Gasteiger partial charge in [0, 0.05) is 28.7 Å². The summed E-state index contributed by atoms with van der Waals surface area (Å²) in [5.41, 5.74) is 7.19. The lowest BCUT2D eigenvalue weighted by Gasteiger charge is -2.21. The molecule has 0 bridgehead atoms. The van der Waals surface area contributed by atoms with E-state index in [2.05, 4.69) is 73.9 Å². The third-order valence-corrected chi connectivity index (χ3v) is 6.37. The lowest BCUT2D eigenvalue weighted by atomic mass is 9.94. The maximum absolute atomic E-state index is 5.52. The minimum absolute atomic E-state index is 0.380. The fraction of sp³-hybridized carbons (Fsp3) is 0.100. The zero-order valence-electron chi connectivity index (χ0n) is 14.3. The molecule has 0 amide bonds. The van der Waals surface area contributed by atoms with Crippen LogP contribution in [-0.4, -0.2) is 20.1 Å². The van der Waals surface area contributed by atoms with Crippen molar-refractivity contribution in [1.29, 1.82) is 0 Å². The molecule has 5 rings (SSSR count). The van der Waals surface area contributed by atoms with Crippen LogP contribution in [0.3, 0.4) is 0 Å². The van der Waals surface area contributed by atoms with E-state index in [0.29, 0.717) is 5.71 Å². The van der Waals surface area contributed by atoms with Gasteiger partial charge in [-0.25, -0.2) is 9.97 Å². The van der Waals surface area contributed by atoms with E-state index < -0.39 is 0 Å². The summed E-state index contributed by atoms with van der Waals surface area (Å²) in [6.07, 6.45) is 3.58. The Balaban J connectivity index is 1.67. The Bertz CT molecular complexity index is 1260. The molecule has 0 aliphatic rings. The van der Waals surface area contributed by atoms with Gasteiger partial charge in [-0.15, -0.1) is 11.3 Å². The molecule has 1 aromatic carbocycles. The molecule has 7 heteroatoms. The Kier molecular flexibility index (Phi) is 3.94. The lowest BCUT2D eigenvalue weighted by molar-refractivity contribution is 0.435. The van der Waals surface area contributed by atoms with Crippen molar-refractivity contribution in [3.63, 3.8) is 0 Å². The first-order valence-corrected chi connectivity index (χ1v) is 10.3. The van der Waals surface area contributed by atoms with Gasteiger partial charge in [0.2, 0.25) is 0 Å². The molecule has 0 saturated heterocycles. The summed E-state index contributed by atoms with van der Waals surface area (Å²) in [5, 5.41) is 8.39. The maximum atomic E-state index is 5.52. The van der Waals surface area contributed by atoms with Gasteiger partial charge in [0.15, 0.2) is 0 Å². The van der Waals surface area contributed by atoms with Gasteiger partial charge in [-0.2, -0.15) is 0 Å². The largest absolute Gasteiger partial charge is 0.335 e. The highest BCUT2D eigenvalue weighted by Gasteiger charge is 2.32. The standard InChI is InChI=1S/C20H13IN4OS/c1-20(21,14-4-5-16-12(7-14)3-2-6-22-16)18-15-8-13(17-10-27-11-24-17)9-23-19(15)26-25-18/h2-11H,1H3/t20-/m1/s1. The van der Waals surface area contributed by atoms with Crippen molar-refractivity contribution in [2.24, 2.45) is 0 Å². The Labute approximate surface area is 172 Å². The molecule has 0 radical (unpaired) electrons. The van der Waals surface area contributed by atoms with Crippen LogP contribution in [-0.2, 0) is 3.42 Å². The van der Waals surface area contributed by atoms with Gasteiger partial charge in [0.25, 0.3) is 5.71 Å². The summed E-state index contributed by atoms with van der Waals surface area (Å²) in [4.78, 5) is 13.2. The van der Waals surface area contributed by atoms with E-state index in [-0.39, 0.29) is 3.42 Å². The van der Waals surface area contributed by atoms with E-state index in [9.17, 15) is 0 Å². The van der Waals surface area contributed by atoms with Gasteiger partial charge in [0.05, 0.1) is 25.5 Å². The van der Waals surface area contributed by atoms with E-state index in [1.807, 2.05) is 29.2 Å². The Morgan fingerprint density at radius 1 is 1.11 bits per heavy atom. The first-order chi connectivity index (χ1) is 13.1. The maximum Gasteiger partial charge on any atom is 0.258 e. The van der Waals surface area contributed by atoms with Gasteiger partial charge in [-0.1, -0.05) is 39.9 Å². The van der Waals surface area contributed by atoms with E-state index >= 15 is 0 Å². The van der Waals surface area contributed by atoms with Crippen molar-refractivity contribution >= 4 is 55.9 Å². The van der Waals surface area contributed by atoms with E-state index in [1.54, 1.807) is 17.5 Å². The Morgan fingerprint density at radius 2 is 2.04 bits per heavy atom. The molecular formula is C20H13IN4OS. The van der Waals surface area contributed by atoms with Crippen LogP contribution in [0.25, 0.3) is 33.3 Å². The first-order valence-electron chi connectivity index (χ1n) is 8.31. The quantitative estimate of drug-likeness (QED) is 0.247. The van der Waals surface area contributed by atoms with Crippen LogP contribution < -0.4 is 0 Å². The molecule has 4 aromatic heterocycles. The molecule has 0 unspecified atom stereocenters. The fourth-order valence-electron chi connectivity index (χ4n) is 3.17. The number of hydrogen-bond donors (Lipinski definition) is 0. The molecule has 5 aromatic rings. The summed E-state index contributed by atoms with van der Waals surface area (Å²) in [6, 6.07) is 12.4. The monoisotopic (exact) mass is 484 g/mol. The smallest absolute Gasteiger partial charge is 0.258 e. The Morgan fingerprint density at radius 3 is 2.89 bits per heavy atom. The molecule has 4 heterocycles. The molecule has 0 N–H and O–H groups in total. The van der Waals surface area contributed by atoms with Crippen LogP contribution in [0.5, 0.6) is 0 Å². The second kappa shape index (κ2) is 6.35. The zero-order chi connectivity index (χ0) is 18.4. The molecule has 5 nitrogen and oxygen atoms in total. The highest BCUT2D eigenvalue weighted by molar-refractivity contribution is 14.1. The van der Waals surface area contributed by atoms with Crippen molar-refractivity contribution in [2.75, 3.05) is 0 Å². The summed E-state index contributed by atoms with van der Waals surface area (Å²) in [7, 11) is 0. The highest BCUT2D eigenvalue weighted by atomic mass is 127. The second-order valence-electron chi connectivity index (χ2n) is 6.40. The molecular weight excluding hydrogens is 471 g/mol. The summed E-state index contributed by atoms with van der Waals surface area (Å²) in [6.45, 7) is 2.14. The van der Waals surface area contributed by atoms with Gasteiger partial charge in [-0.3, -0.25) is 4.98 Å². The average Bonchev–Trinajstić information content (AvgIpc) is 3.37. The molecule has 0 spiro atoms. The zero-order valence-corrected chi connectivity index (χ0v) is 17.2. The third kappa shape index (κ3) is 2.81. The number of alkyl halides is 1. The molecule has 0 aliphatic heterocycles. The number of halogens is 1.